The molecule has 24 heavy (non-hydrogen) atoms. The Hall–Kier alpha value is -0.790. The first kappa shape index (κ1) is 18.0. The van der Waals surface area contributed by atoms with Crippen molar-refractivity contribution in [2.24, 2.45) is 15.8 Å². The highest BCUT2D eigenvalue weighted by Gasteiger charge is 2.81. The van der Waals surface area contributed by atoms with Crippen LogP contribution in [0.15, 0.2) is 16.8 Å². The minimum atomic E-state index is 0.0497. The van der Waals surface area contributed by atoms with Crippen molar-refractivity contribution in [3.8, 4) is 0 Å². The second kappa shape index (κ2) is 5.35. The minimum Gasteiger partial charge on any atom is -0.353 e. The summed E-state index contributed by atoms with van der Waals surface area (Å²) in [6, 6.07) is 0.570. The van der Waals surface area contributed by atoms with Crippen LogP contribution in [0.3, 0.4) is 0 Å². The van der Waals surface area contributed by atoms with Gasteiger partial charge < -0.3 is 4.90 Å². The zero-order valence-electron chi connectivity index (χ0n) is 17.3. The largest absolute Gasteiger partial charge is 0.353 e. The van der Waals surface area contributed by atoms with Gasteiger partial charge in [0.2, 0.25) is 0 Å². The van der Waals surface area contributed by atoms with Gasteiger partial charge in [0.1, 0.15) is 5.54 Å². The maximum absolute atomic E-state index is 5.51. The molecule has 2 heteroatoms. The lowest BCUT2D eigenvalue weighted by Gasteiger charge is -2.31. The lowest BCUT2D eigenvalue weighted by Crippen LogP contribution is -2.40. The van der Waals surface area contributed by atoms with Gasteiger partial charge in [0.15, 0.2) is 0 Å². The smallest absolute Gasteiger partial charge is 0.106 e. The van der Waals surface area contributed by atoms with Crippen molar-refractivity contribution in [1.29, 1.82) is 0 Å². The molecule has 0 aromatic heterocycles. The molecule has 2 nitrogen and oxygen atoms in total. The minimum absolute atomic E-state index is 0.0497. The maximum atomic E-state index is 5.51. The zero-order chi connectivity index (χ0) is 18.0. The fourth-order valence-electron chi connectivity index (χ4n) is 5.17. The van der Waals surface area contributed by atoms with E-state index < -0.39 is 0 Å². The third-order valence-corrected chi connectivity index (χ3v) is 6.40. The maximum Gasteiger partial charge on any atom is 0.106 e. The highest BCUT2D eigenvalue weighted by molar-refractivity contribution is 6.03. The number of unbranched alkanes of at least 4 members (excludes halogenated alkanes) is 2. The van der Waals surface area contributed by atoms with Gasteiger partial charge in [-0.2, -0.15) is 0 Å². The molecule has 1 fully saturated rings. The van der Waals surface area contributed by atoms with Crippen LogP contribution in [0.2, 0.25) is 0 Å². The van der Waals surface area contributed by atoms with Gasteiger partial charge in [-0.25, -0.2) is 0 Å². The number of hydrogen-bond acceptors (Lipinski definition) is 2. The Morgan fingerprint density at radius 3 is 2.04 bits per heavy atom. The molecule has 0 bridgehead atoms. The molecule has 0 aromatic carbocycles. The van der Waals surface area contributed by atoms with Crippen molar-refractivity contribution in [1.82, 2.24) is 4.90 Å². The van der Waals surface area contributed by atoms with E-state index in [0.717, 1.165) is 0 Å². The molecule has 3 aliphatic rings. The van der Waals surface area contributed by atoms with E-state index in [4.69, 9.17) is 4.99 Å². The van der Waals surface area contributed by atoms with Crippen LogP contribution in [0, 0.1) is 10.8 Å². The molecule has 3 aliphatic heterocycles. The molecular formula is C22H38N2. The summed E-state index contributed by atoms with van der Waals surface area (Å²) in [6.45, 7) is 18.8. The van der Waals surface area contributed by atoms with Crippen molar-refractivity contribution < 1.29 is 0 Å². The molecule has 3 atom stereocenters. The van der Waals surface area contributed by atoms with Gasteiger partial charge in [-0.1, -0.05) is 81.1 Å². The summed E-state index contributed by atoms with van der Waals surface area (Å²) < 4.78 is 0. The van der Waals surface area contributed by atoms with Gasteiger partial charge >= 0.3 is 0 Å². The number of allylic oxidation sites excluding steroid dienone is 1. The average Bonchev–Trinajstić information content (AvgIpc) is 2.96. The highest BCUT2D eigenvalue weighted by Crippen LogP contribution is 2.70. The van der Waals surface area contributed by atoms with Crippen LogP contribution in [0.1, 0.15) is 93.9 Å². The van der Waals surface area contributed by atoms with Crippen molar-refractivity contribution in [2.75, 3.05) is 0 Å². The molecule has 3 heterocycles. The van der Waals surface area contributed by atoms with Crippen molar-refractivity contribution in [3.63, 3.8) is 0 Å². The topological polar surface area (TPSA) is 15.4 Å². The summed E-state index contributed by atoms with van der Waals surface area (Å²) in [5.74, 6) is 0. The van der Waals surface area contributed by atoms with Crippen LogP contribution in [0.4, 0.5) is 0 Å². The number of fused-ring (bicyclic) bond motifs is 1. The predicted octanol–water partition coefficient (Wildman–Crippen LogP) is 5.97. The summed E-state index contributed by atoms with van der Waals surface area (Å²) in [5, 5.41) is 0. The Morgan fingerprint density at radius 1 is 0.958 bits per heavy atom. The Morgan fingerprint density at radius 2 is 1.54 bits per heavy atom. The summed E-state index contributed by atoms with van der Waals surface area (Å²) in [7, 11) is 0. The molecule has 3 rings (SSSR count). The molecule has 0 aliphatic carbocycles. The van der Waals surface area contributed by atoms with Crippen LogP contribution in [-0.2, 0) is 0 Å². The van der Waals surface area contributed by atoms with E-state index in [0.29, 0.717) is 6.04 Å². The van der Waals surface area contributed by atoms with Gasteiger partial charge in [0, 0.05) is 22.2 Å². The van der Waals surface area contributed by atoms with E-state index in [1.165, 1.54) is 44.2 Å². The Kier molecular flexibility index (Phi) is 4.02. The van der Waals surface area contributed by atoms with Gasteiger partial charge in [-0.05, 0) is 18.9 Å². The fourth-order valence-corrected chi connectivity index (χ4v) is 5.17. The second-order valence-corrected chi connectivity index (χ2v) is 10.4. The van der Waals surface area contributed by atoms with Gasteiger partial charge in [0.25, 0.3) is 0 Å². The van der Waals surface area contributed by atoms with Crippen molar-refractivity contribution >= 4 is 5.71 Å². The first-order chi connectivity index (χ1) is 11.0. The monoisotopic (exact) mass is 330 g/mol. The van der Waals surface area contributed by atoms with Crippen LogP contribution in [-0.4, -0.2) is 27.7 Å². The van der Waals surface area contributed by atoms with E-state index in [1.807, 2.05) is 0 Å². The third-order valence-electron chi connectivity index (χ3n) is 6.40. The molecule has 0 amide bonds. The van der Waals surface area contributed by atoms with Crippen LogP contribution >= 0.6 is 0 Å². The van der Waals surface area contributed by atoms with E-state index in [1.54, 1.807) is 5.70 Å². The van der Waals surface area contributed by atoms with E-state index in [-0.39, 0.29) is 21.9 Å². The number of aliphatic imine (C=N–C) groups is 1. The normalized spacial score (nSPS) is 34.3. The third kappa shape index (κ3) is 2.24. The standard InChI is InChI=1S/C22H38N2/c1-9-11-13-21-15-16(19(3,4)5)24-18(17(23-21)20(6,7)8)22(21,24)14-12-10-2/h15,18H,9-14H2,1-8H3. The molecule has 136 valence electrons. The number of rotatable bonds is 6. The summed E-state index contributed by atoms with van der Waals surface area (Å²) in [4.78, 5) is 8.30. The molecule has 1 saturated heterocycles. The first-order valence-corrected chi connectivity index (χ1v) is 10.2. The van der Waals surface area contributed by atoms with Crippen LogP contribution < -0.4 is 0 Å². The average molecular weight is 331 g/mol. The molecular weight excluding hydrogens is 292 g/mol. The molecule has 0 aromatic rings. The predicted molar refractivity (Wildman–Crippen MR) is 105 cm³/mol. The van der Waals surface area contributed by atoms with Gasteiger partial charge in [0.05, 0.1) is 11.6 Å². The molecule has 0 saturated carbocycles. The van der Waals surface area contributed by atoms with Crippen molar-refractivity contribution in [2.45, 2.75) is 111 Å². The first-order valence-electron chi connectivity index (χ1n) is 10.2. The molecule has 3 unspecified atom stereocenters. The van der Waals surface area contributed by atoms with Crippen LogP contribution in [0.5, 0.6) is 0 Å². The number of nitrogens with zero attached hydrogens (tertiary/aromatic N) is 2. The van der Waals surface area contributed by atoms with Gasteiger partial charge in [-0.3, -0.25) is 4.99 Å². The van der Waals surface area contributed by atoms with Crippen molar-refractivity contribution in [3.05, 3.63) is 11.8 Å². The molecule has 0 spiro atoms. The Bertz CT molecular complexity index is 530. The highest BCUT2D eigenvalue weighted by atomic mass is 15.5. The van der Waals surface area contributed by atoms with E-state index >= 15 is 0 Å². The van der Waals surface area contributed by atoms with E-state index in [9.17, 15) is 0 Å². The van der Waals surface area contributed by atoms with E-state index in [2.05, 4.69) is 66.4 Å². The molecule has 0 N–H and O–H groups in total. The quantitative estimate of drug-likeness (QED) is 0.547. The fraction of sp³-hybridized carbons (Fsp3) is 0.864. The zero-order valence-corrected chi connectivity index (χ0v) is 17.3. The molecule has 0 radical (unpaired) electrons. The lowest BCUT2D eigenvalue weighted by molar-refractivity contribution is 0.294. The summed E-state index contributed by atoms with van der Waals surface area (Å²) >= 11 is 0. The Balaban J connectivity index is 2.08. The SMILES string of the molecule is CCCCC12C=C(C(C)(C)C)N3C(C(C(C)(C)C)=N1)C32CCCC. The second-order valence-electron chi connectivity index (χ2n) is 10.4. The number of hydrogen-bond donors (Lipinski definition) is 0. The van der Waals surface area contributed by atoms with Crippen LogP contribution in [0.25, 0.3) is 0 Å². The summed E-state index contributed by atoms with van der Waals surface area (Å²) in [5.41, 5.74) is 3.74. The Labute approximate surface area is 149 Å². The van der Waals surface area contributed by atoms with Gasteiger partial charge in [-0.15, -0.1) is 0 Å². The summed E-state index contributed by atoms with van der Waals surface area (Å²) in [6.07, 6.45) is 10.3. The lowest BCUT2D eigenvalue weighted by atomic mass is 9.75.